The zero-order valence-corrected chi connectivity index (χ0v) is 10.1. The Balaban J connectivity index is 3.01. The molecule has 0 fully saturated rings. The molecule has 0 bridgehead atoms. The van der Waals surface area contributed by atoms with E-state index in [2.05, 4.69) is 0 Å². The number of nitrogens with one attached hydrogen (secondary N) is 1. The zero-order chi connectivity index (χ0) is 13.8. The van der Waals surface area contributed by atoms with E-state index in [4.69, 9.17) is 10.8 Å². The first-order valence-electron chi connectivity index (χ1n) is 4.98. The lowest BCUT2D eigenvalue weighted by atomic mass is 10.1. The van der Waals surface area contributed by atoms with Crippen molar-refractivity contribution in [3.05, 3.63) is 28.7 Å². The molecule has 0 saturated carbocycles. The molecule has 98 valence electrons. The Morgan fingerprint density at radius 2 is 2.28 bits per heavy atom. The van der Waals surface area contributed by atoms with Gasteiger partial charge in [0.15, 0.2) is 0 Å². The van der Waals surface area contributed by atoms with E-state index in [9.17, 15) is 18.0 Å². The van der Waals surface area contributed by atoms with Gasteiger partial charge in [0, 0.05) is 18.5 Å². The van der Waals surface area contributed by atoms with Gasteiger partial charge >= 0.3 is 5.97 Å². The summed E-state index contributed by atoms with van der Waals surface area (Å²) in [4.78, 5) is 21.0. The van der Waals surface area contributed by atoms with Crippen LogP contribution in [0.3, 0.4) is 0 Å². The molecule has 0 saturated heterocycles. The number of allylic oxidation sites excluding steroid dienone is 4. The summed E-state index contributed by atoms with van der Waals surface area (Å²) in [5, 5.41) is 8.72. The van der Waals surface area contributed by atoms with Gasteiger partial charge in [0.2, 0.25) is 10.0 Å². The van der Waals surface area contributed by atoms with Gasteiger partial charge in [-0.1, -0.05) is 6.08 Å². The Kier molecular flexibility index (Phi) is 4.57. The molecule has 18 heavy (non-hydrogen) atoms. The number of carboxylic acids is 1. The summed E-state index contributed by atoms with van der Waals surface area (Å²) in [6, 6.07) is -1.41. The van der Waals surface area contributed by atoms with Crippen LogP contribution in [0.5, 0.6) is 0 Å². The molecule has 0 heterocycles. The van der Waals surface area contributed by atoms with Crippen molar-refractivity contribution in [2.45, 2.75) is 12.5 Å². The summed E-state index contributed by atoms with van der Waals surface area (Å²) in [6.07, 6.45) is 4.21. The lowest BCUT2D eigenvalue weighted by molar-refractivity contribution is -0.138. The number of carbonyl (C=O) groups is 1. The third kappa shape index (κ3) is 3.38. The quantitative estimate of drug-likeness (QED) is 0.546. The van der Waals surface area contributed by atoms with Crippen molar-refractivity contribution in [1.29, 1.82) is 0 Å². The fourth-order valence-electron chi connectivity index (χ4n) is 1.27. The average molecular weight is 272 g/mol. The molecule has 1 atom stereocenters. The number of carbonyl (C=O) groups excluding carboxylic acids is 1. The Labute approximate surface area is 104 Å². The highest BCUT2D eigenvalue weighted by Gasteiger charge is 2.25. The van der Waals surface area contributed by atoms with Crippen LogP contribution in [0.25, 0.3) is 0 Å². The molecule has 1 rings (SSSR count). The smallest absolute Gasteiger partial charge is 0.323 e. The molecule has 8 heteroatoms. The fraction of sp³-hybridized carbons (Fsp3) is 0.300. The number of hydrogen-bond donors (Lipinski definition) is 3. The van der Waals surface area contributed by atoms with E-state index in [-0.39, 0.29) is 17.0 Å². The molecule has 0 aromatic carbocycles. The summed E-state index contributed by atoms with van der Waals surface area (Å²) >= 11 is 0. The topological polar surface area (TPSA) is 127 Å². The second-order valence-electron chi connectivity index (χ2n) is 3.53. The highest BCUT2D eigenvalue weighted by Crippen LogP contribution is 2.17. The van der Waals surface area contributed by atoms with Gasteiger partial charge in [-0.25, -0.2) is 13.2 Å². The molecule has 1 aliphatic carbocycles. The van der Waals surface area contributed by atoms with Crippen LogP contribution in [0, 0.1) is 0 Å². The van der Waals surface area contributed by atoms with Crippen LogP contribution >= 0.6 is 0 Å². The second-order valence-corrected chi connectivity index (χ2v) is 5.24. The minimum atomic E-state index is -4.02. The van der Waals surface area contributed by atoms with Gasteiger partial charge in [-0.3, -0.25) is 4.79 Å². The minimum Gasteiger partial charge on any atom is -0.480 e. The summed E-state index contributed by atoms with van der Waals surface area (Å²) in [5.74, 6) is 0.234. The van der Waals surface area contributed by atoms with Crippen LogP contribution in [-0.2, 0) is 19.6 Å². The Bertz CT molecular complexity index is 555. The minimum absolute atomic E-state index is 0.178. The van der Waals surface area contributed by atoms with E-state index >= 15 is 0 Å². The molecule has 0 aromatic rings. The highest BCUT2D eigenvalue weighted by molar-refractivity contribution is 7.93. The van der Waals surface area contributed by atoms with Gasteiger partial charge in [-0.05, 0) is 12.2 Å². The largest absolute Gasteiger partial charge is 0.480 e. The number of sulfonamides is 1. The molecule has 1 aliphatic rings. The number of carboxylic acid groups (broad SMARTS) is 1. The van der Waals surface area contributed by atoms with Gasteiger partial charge in [0.05, 0.1) is 4.91 Å². The summed E-state index contributed by atoms with van der Waals surface area (Å²) in [5.41, 5.74) is 5.33. The maximum Gasteiger partial charge on any atom is 0.323 e. The normalized spacial score (nSPS) is 16.9. The predicted octanol–water partition coefficient (Wildman–Crippen LogP) is -1.08. The van der Waals surface area contributed by atoms with Crippen LogP contribution in [0.15, 0.2) is 28.7 Å². The number of aliphatic carboxylic acids is 1. The molecule has 0 radical (unpaired) electrons. The predicted molar refractivity (Wildman–Crippen MR) is 63.6 cm³/mol. The van der Waals surface area contributed by atoms with Crippen LogP contribution in [0.2, 0.25) is 0 Å². The Morgan fingerprint density at radius 1 is 1.61 bits per heavy atom. The van der Waals surface area contributed by atoms with Crippen molar-refractivity contribution in [3.63, 3.8) is 0 Å². The van der Waals surface area contributed by atoms with Gasteiger partial charge in [-0.2, -0.15) is 4.72 Å². The fourth-order valence-corrected chi connectivity index (χ4v) is 2.55. The van der Waals surface area contributed by atoms with E-state index in [1.165, 1.54) is 12.2 Å². The van der Waals surface area contributed by atoms with Crippen molar-refractivity contribution in [2.75, 3.05) is 6.54 Å². The van der Waals surface area contributed by atoms with E-state index in [1.54, 1.807) is 5.94 Å². The first-order valence-corrected chi connectivity index (χ1v) is 6.46. The highest BCUT2D eigenvalue weighted by atomic mass is 32.2. The maximum absolute atomic E-state index is 11.8. The van der Waals surface area contributed by atoms with Crippen molar-refractivity contribution >= 4 is 21.9 Å². The third-order valence-electron chi connectivity index (χ3n) is 2.21. The third-order valence-corrected chi connectivity index (χ3v) is 3.68. The lowest BCUT2D eigenvalue weighted by Crippen LogP contribution is -2.45. The molecule has 7 nitrogen and oxygen atoms in total. The first kappa shape index (κ1) is 14.3. The van der Waals surface area contributed by atoms with Crippen molar-refractivity contribution in [1.82, 2.24) is 4.72 Å². The average Bonchev–Trinajstić information content (AvgIpc) is 2.35. The molecule has 0 aliphatic heterocycles. The molecule has 0 amide bonds. The molecule has 0 unspecified atom stereocenters. The standard InChI is InChI=1S/C10H12N2O5S/c11-5-9(10(14)15)12-18(16,17)8-3-1-2-7(4-8)6-13/h1,3-4,9,12H,2,5,11H2,(H,14,15)/t9-/m0/s1. The van der Waals surface area contributed by atoms with Crippen molar-refractivity contribution in [2.24, 2.45) is 5.73 Å². The molecule has 0 spiro atoms. The lowest BCUT2D eigenvalue weighted by Gasteiger charge is -2.14. The molecule has 0 aromatic heterocycles. The Morgan fingerprint density at radius 3 is 2.78 bits per heavy atom. The van der Waals surface area contributed by atoms with Crippen molar-refractivity contribution in [3.8, 4) is 0 Å². The SMILES string of the molecule is NC[C@H](NS(=O)(=O)C1=CC(=C=O)CC=C1)C(=O)O. The second kappa shape index (κ2) is 5.74. The monoisotopic (exact) mass is 272 g/mol. The van der Waals surface area contributed by atoms with Crippen LogP contribution in [0.1, 0.15) is 6.42 Å². The van der Waals surface area contributed by atoms with Gasteiger partial charge in [0.25, 0.3) is 0 Å². The molecular weight excluding hydrogens is 260 g/mol. The number of nitrogens with two attached hydrogens (primary N) is 1. The number of rotatable bonds is 5. The van der Waals surface area contributed by atoms with Gasteiger partial charge in [0.1, 0.15) is 12.0 Å². The van der Waals surface area contributed by atoms with Crippen LogP contribution < -0.4 is 10.5 Å². The number of hydrogen-bond acceptors (Lipinski definition) is 5. The maximum atomic E-state index is 11.8. The van der Waals surface area contributed by atoms with Gasteiger partial charge in [-0.15, -0.1) is 0 Å². The molecule has 4 N–H and O–H groups in total. The van der Waals surface area contributed by atoms with E-state index in [0.29, 0.717) is 6.42 Å². The Hall–Kier alpha value is -1.73. The zero-order valence-electron chi connectivity index (χ0n) is 9.29. The van der Waals surface area contributed by atoms with Crippen LogP contribution in [0.4, 0.5) is 0 Å². The van der Waals surface area contributed by atoms with Crippen molar-refractivity contribution < 1.29 is 23.1 Å². The van der Waals surface area contributed by atoms with E-state index in [0.717, 1.165) is 6.08 Å². The van der Waals surface area contributed by atoms with Crippen LogP contribution in [-0.4, -0.2) is 38.0 Å². The summed E-state index contributed by atoms with van der Waals surface area (Å²) in [6.45, 7) is -0.373. The van der Waals surface area contributed by atoms with E-state index in [1.807, 2.05) is 4.72 Å². The summed E-state index contributed by atoms with van der Waals surface area (Å²) in [7, 11) is -4.02. The summed E-state index contributed by atoms with van der Waals surface area (Å²) < 4.78 is 25.6. The van der Waals surface area contributed by atoms with Gasteiger partial charge < -0.3 is 10.8 Å². The first-order chi connectivity index (χ1) is 8.40. The molecular formula is C10H12N2O5S. The van der Waals surface area contributed by atoms with E-state index < -0.39 is 22.0 Å².